The number of carbonyl (C=O) groups is 4. The van der Waals surface area contributed by atoms with E-state index >= 15 is 0 Å². The van der Waals surface area contributed by atoms with Crippen molar-refractivity contribution in [3.63, 3.8) is 0 Å². The minimum absolute atomic E-state index is 0.00668. The number of terminal acetylenes is 3. The van der Waals surface area contributed by atoms with Crippen LogP contribution < -0.4 is 23.7 Å². The number of carbonyl (C=O) groups excluding carboxylic acids is 2. The van der Waals surface area contributed by atoms with Crippen molar-refractivity contribution < 1.29 is 61.9 Å². The molecule has 11 nitrogen and oxygen atoms in total. The summed E-state index contributed by atoms with van der Waals surface area (Å²) in [6, 6.07) is 17.8. The maximum absolute atomic E-state index is 14.1. The van der Waals surface area contributed by atoms with Gasteiger partial charge in [0.15, 0.2) is 0 Å². The smallest absolute Gasteiger partial charge is 0.343 e. The molecule has 0 saturated carbocycles. The van der Waals surface area contributed by atoms with Gasteiger partial charge in [-0.3, -0.25) is 4.79 Å². The highest BCUT2D eigenvalue weighted by Gasteiger charge is 2.43. The van der Waals surface area contributed by atoms with Gasteiger partial charge in [0.2, 0.25) is 0 Å². The quantitative estimate of drug-likeness (QED) is 0.0867. The molecule has 0 bridgehead atoms. The highest BCUT2D eigenvalue weighted by atomic mass is 19.1. The van der Waals surface area contributed by atoms with E-state index in [1.54, 1.807) is 36.4 Å². The number of halogens is 2. The average molecular weight is 1080 g/mol. The Morgan fingerprint density at radius 1 is 0.519 bits per heavy atom. The second-order valence-electron chi connectivity index (χ2n) is 23.4. The van der Waals surface area contributed by atoms with Crippen LogP contribution in [-0.4, -0.2) is 50.9 Å². The van der Waals surface area contributed by atoms with Crippen molar-refractivity contribution in [2.45, 2.75) is 169 Å². The summed E-state index contributed by atoms with van der Waals surface area (Å²) in [5.41, 5.74) is 3.61. The fraction of sp³-hybridized carbons (Fsp3) is 0.394. The van der Waals surface area contributed by atoms with Crippen molar-refractivity contribution in [2.24, 2.45) is 0 Å². The molecule has 2 N–H and O–H groups in total. The summed E-state index contributed by atoms with van der Waals surface area (Å²) < 4.78 is 57.0. The first kappa shape index (κ1) is 61.8. The maximum Gasteiger partial charge on any atom is 0.343 e. The molecule has 8 rings (SSSR count). The summed E-state index contributed by atoms with van der Waals surface area (Å²) in [6.45, 7) is 30.4. The molecular weight excluding hydrogens is 1010 g/mol. The van der Waals surface area contributed by atoms with Crippen molar-refractivity contribution in [3.8, 4) is 65.8 Å². The van der Waals surface area contributed by atoms with E-state index in [0.29, 0.717) is 51.5 Å². The van der Waals surface area contributed by atoms with Crippen LogP contribution in [0.5, 0.6) is 28.7 Å². The summed E-state index contributed by atoms with van der Waals surface area (Å²) in [4.78, 5) is 47.4. The van der Waals surface area contributed by atoms with Gasteiger partial charge in [-0.1, -0.05) is 92.2 Å². The molecule has 0 radical (unpaired) electrons. The Labute approximate surface area is 464 Å². The van der Waals surface area contributed by atoms with Gasteiger partial charge in [0.05, 0.1) is 39.8 Å². The molecule has 0 unspecified atom stereocenters. The molecule has 0 fully saturated rings. The molecule has 0 atom stereocenters. The van der Waals surface area contributed by atoms with E-state index in [9.17, 15) is 28.0 Å². The third-order valence-corrected chi connectivity index (χ3v) is 13.6. The van der Waals surface area contributed by atoms with Crippen molar-refractivity contribution in [1.29, 1.82) is 0 Å². The third kappa shape index (κ3) is 14.5. The number of carboxylic acids is 2. The Balaban J connectivity index is 0.000000220. The predicted octanol–water partition coefficient (Wildman–Crippen LogP) is 14.2. The largest absolute Gasteiger partial charge is 0.486 e. The molecule has 3 heterocycles. The van der Waals surface area contributed by atoms with Crippen LogP contribution in [-0.2, 0) is 33.9 Å². The number of benzene rings is 5. The highest BCUT2D eigenvalue weighted by molar-refractivity contribution is 5.93. The zero-order chi connectivity index (χ0) is 59.4. The van der Waals surface area contributed by atoms with Crippen LogP contribution in [0, 0.1) is 48.7 Å². The van der Waals surface area contributed by atoms with Gasteiger partial charge in [0.25, 0.3) is 0 Å². The number of aliphatic carboxylic acids is 1. The maximum atomic E-state index is 14.1. The Morgan fingerprint density at radius 3 is 1.13 bits per heavy atom. The standard InChI is InChI=1S/C24H23FO5.C24H25FO3.C16H18O3.C2H6/c1-6-14-9-16(10-18-21(14)30-24(4,5)13-23(18,2)3)22(28)29-17-8-7-15(11-20(26)27)19(25)12-17;1-7-15-9-10-18(13-20(15)25)27-22(26)17-11-16(8-2)21-19(12-17)23(3,4)14-24(5,6)28-21;1-6-10-7-11(14(17)18)8-12-13(10)19-16(4,5)9-15(12,2)3;1-2/h1,7-10,12H,11,13H2,2-5H3,(H,26,27);2,9-13H,7,14H2,1,3-6H3;1,7-8H,9H2,2-5H3,(H,17,18);1-2H3. The minimum Gasteiger partial charge on any atom is -0.486 e. The highest BCUT2D eigenvalue weighted by Crippen LogP contribution is 2.49. The lowest BCUT2D eigenvalue weighted by atomic mass is 9.72. The molecule has 0 spiro atoms. The van der Waals surface area contributed by atoms with Gasteiger partial charge in [-0.15, -0.1) is 19.3 Å². The number of rotatable bonds is 8. The molecule has 5 aromatic carbocycles. The lowest BCUT2D eigenvalue weighted by Crippen LogP contribution is -2.41. The lowest BCUT2D eigenvalue weighted by molar-refractivity contribution is -0.136. The number of aryl methyl sites for hydroxylation is 1. The fourth-order valence-electron chi connectivity index (χ4n) is 10.9. The number of ether oxygens (including phenoxy) is 5. The van der Waals surface area contributed by atoms with Crippen molar-refractivity contribution in [2.75, 3.05) is 0 Å². The Kier molecular flexibility index (Phi) is 18.4. The van der Waals surface area contributed by atoms with Crippen molar-refractivity contribution >= 4 is 23.9 Å². The summed E-state index contributed by atoms with van der Waals surface area (Å²) in [5, 5.41) is 18.0. The van der Waals surface area contributed by atoms with Gasteiger partial charge in [-0.25, -0.2) is 23.2 Å². The van der Waals surface area contributed by atoms with E-state index < -0.39 is 41.7 Å². The van der Waals surface area contributed by atoms with Crippen LogP contribution in [0.1, 0.15) is 199 Å². The third-order valence-electron chi connectivity index (χ3n) is 13.6. The number of fused-ring (bicyclic) bond motifs is 3. The zero-order valence-corrected chi connectivity index (χ0v) is 48.0. The van der Waals surface area contributed by atoms with Crippen LogP contribution in [0.25, 0.3) is 0 Å². The summed E-state index contributed by atoms with van der Waals surface area (Å²) in [6.07, 6.45) is 19.3. The number of hydrogen-bond donors (Lipinski definition) is 2. The van der Waals surface area contributed by atoms with E-state index in [0.717, 1.165) is 42.0 Å². The first-order chi connectivity index (χ1) is 36.6. The van der Waals surface area contributed by atoms with E-state index in [1.165, 1.54) is 30.3 Å². The second-order valence-corrected chi connectivity index (χ2v) is 23.4. The van der Waals surface area contributed by atoms with Gasteiger partial charge in [-0.2, -0.15) is 0 Å². The summed E-state index contributed by atoms with van der Waals surface area (Å²) >= 11 is 0. The van der Waals surface area contributed by atoms with Crippen LogP contribution >= 0.6 is 0 Å². The minimum atomic E-state index is -1.15. The SMILES string of the molecule is C#Cc1cc(C(=O)O)cc2c1OC(C)(C)CC2(C)C.C#Cc1cc(C(=O)Oc2ccc(CC(=O)O)c(F)c2)cc2c1OC(C)(C)CC2(C)C.C#Cc1cc(C(=O)Oc2ccc(CC)c(F)c2)cc2c1OC(C)(C)CC2(C)C.CC. The summed E-state index contributed by atoms with van der Waals surface area (Å²) in [7, 11) is 0. The molecule has 3 aliphatic rings. The Bertz CT molecular complexity index is 3330. The lowest BCUT2D eigenvalue weighted by Gasteiger charge is -2.43. The normalized spacial score (nSPS) is 16.5. The van der Waals surface area contributed by atoms with Gasteiger partial charge < -0.3 is 33.9 Å². The number of hydrogen-bond acceptors (Lipinski definition) is 9. The first-order valence-corrected chi connectivity index (χ1v) is 26.1. The van der Waals surface area contributed by atoms with Gasteiger partial charge in [0.1, 0.15) is 57.2 Å². The van der Waals surface area contributed by atoms with Crippen LogP contribution in [0.3, 0.4) is 0 Å². The van der Waals surface area contributed by atoms with E-state index in [1.807, 2.05) is 62.3 Å². The van der Waals surface area contributed by atoms with E-state index in [2.05, 4.69) is 59.3 Å². The van der Waals surface area contributed by atoms with Crippen LogP contribution in [0.2, 0.25) is 0 Å². The van der Waals surface area contributed by atoms with Crippen LogP contribution in [0.15, 0.2) is 72.8 Å². The monoisotopic (exact) mass is 1080 g/mol. The molecule has 0 amide bonds. The zero-order valence-electron chi connectivity index (χ0n) is 48.0. The molecule has 3 aliphatic heterocycles. The molecule has 0 saturated heterocycles. The predicted molar refractivity (Wildman–Crippen MR) is 302 cm³/mol. The molecule has 5 aromatic rings. The topological polar surface area (TPSA) is 155 Å². The fourth-order valence-corrected chi connectivity index (χ4v) is 10.9. The van der Waals surface area contributed by atoms with Gasteiger partial charge >= 0.3 is 23.9 Å². The number of aromatic carboxylic acids is 1. The molecule has 79 heavy (non-hydrogen) atoms. The van der Waals surface area contributed by atoms with Crippen molar-refractivity contribution in [3.05, 3.63) is 146 Å². The summed E-state index contributed by atoms with van der Waals surface area (Å²) in [5.74, 6) is 5.20. The molecule has 416 valence electrons. The molecule has 0 aliphatic carbocycles. The van der Waals surface area contributed by atoms with Gasteiger partial charge in [-0.05, 0) is 143 Å². The molecule has 13 heteroatoms. The first-order valence-electron chi connectivity index (χ1n) is 26.1. The Hall–Kier alpha value is -8.08. The number of carboxylic acid groups (broad SMARTS) is 2. The average Bonchev–Trinajstić information content (AvgIpc) is 3.45. The number of esters is 2. The molecular formula is C66H72F2O11. The van der Waals surface area contributed by atoms with E-state index in [-0.39, 0.29) is 61.5 Å². The second kappa shape index (κ2) is 23.5. The molecule has 0 aromatic heterocycles. The van der Waals surface area contributed by atoms with E-state index in [4.69, 9.17) is 53.2 Å². The van der Waals surface area contributed by atoms with Crippen LogP contribution in [0.4, 0.5) is 8.78 Å². The van der Waals surface area contributed by atoms with Gasteiger partial charge in [0, 0.05) is 28.8 Å². The Morgan fingerprint density at radius 2 is 0.835 bits per heavy atom. The van der Waals surface area contributed by atoms with Crippen molar-refractivity contribution in [1.82, 2.24) is 0 Å².